The van der Waals surface area contributed by atoms with E-state index < -0.39 is 21.9 Å². The average molecular weight is 682 g/mol. The number of rotatable bonds is 11. The Morgan fingerprint density at radius 1 is 0.870 bits per heavy atom. The number of carbonyl (C=O) groups excluding carboxylic acids is 2. The number of hydrogen-bond donors (Lipinski definition) is 0. The Morgan fingerprint density at radius 2 is 1.48 bits per heavy atom. The van der Waals surface area contributed by atoms with Crippen LogP contribution < -0.4 is 4.74 Å². The third-order valence-corrected chi connectivity index (χ3v) is 9.74. The van der Waals surface area contributed by atoms with Crippen molar-refractivity contribution in [1.82, 2.24) is 9.21 Å². The van der Waals surface area contributed by atoms with Gasteiger partial charge in [-0.25, -0.2) is 13.2 Å². The van der Waals surface area contributed by atoms with Gasteiger partial charge in [0.25, 0.3) is 5.91 Å². The minimum absolute atomic E-state index is 0.0342. The standard InChI is InChI=1S/C34H30Cl2N2O7S/c1-22-32(34(40)44-3)31(33(39)38(22)20-24-6-12-27(43-2)13-7-24)18-28-14-15-29(45-28)21-37(19-23-4-8-25(35)9-5-23)46(41,42)30-16-10-26(36)11-17-30/h4-18H,19-21H2,1-3H3/b31-18+. The number of nitrogens with zero attached hydrogens (tertiary/aromatic N) is 2. The number of sulfonamides is 1. The van der Waals surface area contributed by atoms with Crippen LogP contribution in [0.1, 0.15) is 29.6 Å². The fourth-order valence-electron chi connectivity index (χ4n) is 4.98. The van der Waals surface area contributed by atoms with Crippen LogP contribution in [0.15, 0.2) is 111 Å². The number of allylic oxidation sites excluding steroid dienone is 1. The molecule has 0 N–H and O–H groups in total. The zero-order chi connectivity index (χ0) is 33.0. The van der Waals surface area contributed by atoms with E-state index >= 15 is 0 Å². The highest BCUT2D eigenvalue weighted by Crippen LogP contribution is 2.34. The molecule has 9 nitrogen and oxygen atoms in total. The Bertz CT molecular complexity index is 1920. The fraction of sp³-hybridized carbons (Fsp3) is 0.176. The summed E-state index contributed by atoms with van der Waals surface area (Å²) in [5.74, 6) is 0.194. The highest BCUT2D eigenvalue weighted by atomic mass is 35.5. The van der Waals surface area contributed by atoms with Gasteiger partial charge >= 0.3 is 5.97 Å². The number of ether oxygens (including phenoxy) is 2. The molecule has 0 radical (unpaired) electrons. The summed E-state index contributed by atoms with van der Waals surface area (Å²) in [5, 5.41) is 0.936. The third kappa shape index (κ3) is 7.21. The lowest BCUT2D eigenvalue weighted by atomic mass is 10.1. The Kier molecular flexibility index (Phi) is 10.0. The Hall–Kier alpha value is -4.35. The van der Waals surface area contributed by atoms with Gasteiger partial charge in [-0.3, -0.25) is 4.79 Å². The van der Waals surface area contributed by atoms with Gasteiger partial charge in [0.15, 0.2) is 0 Å². The summed E-state index contributed by atoms with van der Waals surface area (Å²) in [6, 6.07) is 23.3. The van der Waals surface area contributed by atoms with Crippen LogP contribution in [-0.2, 0) is 44.0 Å². The van der Waals surface area contributed by atoms with Crippen molar-refractivity contribution in [2.24, 2.45) is 0 Å². The Morgan fingerprint density at radius 3 is 2.09 bits per heavy atom. The SMILES string of the molecule is COC(=O)C1=C(C)N(Cc2ccc(OC)cc2)C(=O)/C1=C/c1ccc(CN(Cc2ccc(Cl)cc2)S(=O)(=O)c2ccc(Cl)cc2)o1. The number of carbonyl (C=O) groups is 2. The minimum atomic E-state index is -3.99. The van der Waals surface area contributed by atoms with E-state index in [-0.39, 0.29) is 41.4 Å². The van der Waals surface area contributed by atoms with E-state index in [4.69, 9.17) is 37.1 Å². The van der Waals surface area contributed by atoms with Crippen LogP contribution in [-0.4, -0.2) is 43.7 Å². The molecule has 1 aliphatic heterocycles. The number of benzene rings is 3. The molecule has 0 fully saturated rings. The topological polar surface area (TPSA) is 106 Å². The lowest BCUT2D eigenvalue weighted by Crippen LogP contribution is -2.30. The summed E-state index contributed by atoms with van der Waals surface area (Å²) >= 11 is 12.0. The monoisotopic (exact) mass is 680 g/mol. The molecule has 0 saturated heterocycles. The molecule has 12 heteroatoms. The van der Waals surface area contributed by atoms with Crippen molar-refractivity contribution in [2.75, 3.05) is 14.2 Å². The summed E-state index contributed by atoms with van der Waals surface area (Å²) in [7, 11) is -1.17. The van der Waals surface area contributed by atoms with E-state index in [1.165, 1.54) is 46.7 Å². The molecule has 1 aliphatic rings. The van der Waals surface area contributed by atoms with Crippen molar-refractivity contribution in [3.63, 3.8) is 0 Å². The third-order valence-electron chi connectivity index (χ3n) is 7.43. The Balaban J connectivity index is 1.44. The zero-order valence-electron chi connectivity index (χ0n) is 25.2. The molecular weight excluding hydrogens is 651 g/mol. The molecule has 238 valence electrons. The molecule has 0 saturated carbocycles. The van der Waals surface area contributed by atoms with Crippen LogP contribution in [0.3, 0.4) is 0 Å². The molecule has 0 spiro atoms. The minimum Gasteiger partial charge on any atom is -0.497 e. The number of amides is 1. The Labute approximate surface area is 277 Å². The highest BCUT2D eigenvalue weighted by molar-refractivity contribution is 7.89. The predicted molar refractivity (Wildman–Crippen MR) is 174 cm³/mol. The van der Waals surface area contributed by atoms with Crippen molar-refractivity contribution in [2.45, 2.75) is 31.5 Å². The van der Waals surface area contributed by atoms with Crippen molar-refractivity contribution < 1.29 is 31.9 Å². The molecule has 1 amide bonds. The second-order valence-corrected chi connectivity index (χ2v) is 13.2. The van der Waals surface area contributed by atoms with E-state index in [1.54, 1.807) is 62.6 Å². The van der Waals surface area contributed by atoms with Gasteiger partial charge in [-0.1, -0.05) is 47.5 Å². The highest BCUT2D eigenvalue weighted by Gasteiger charge is 2.37. The van der Waals surface area contributed by atoms with Crippen molar-refractivity contribution >= 4 is 51.2 Å². The molecule has 3 aromatic carbocycles. The molecule has 46 heavy (non-hydrogen) atoms. The summed E-state index contributed by atoms with van der Waals surface area (Å²) in [6.45, 7) is 1.82. The van der Waals surface area contributed by atoms with Gasteiger partial charge in [0.1, 0.15) is 17.3 Å². The van der Waals surface area contributed by atoms with Crippen molar-refractivity contribution in [3.05, 3.63) is 134 Å². The van der Waals surface area contributed by atoms with Crippen LogP contribution in [0.4, 0.5) is 0 Å². The van der Waals surface area contributed by atoms with Crippen LogP contribution >= 0.6 is 23.2 Å². The maximum Gasteiger partial charge on any atom is 0.340 e. The van der Waals surface area contributed by atoms with Gasteiger partial charge in [-0.15, -0.1) is 0 Å². The predicted octanol–water partition coefficient (Wildman–Crippen LogP) is 6.86. The maximum absolute atomic E-state index is 13.7. The molecule has 5 rings (SSSR count). The molecule has 0 aliphatic carbocycles. The van der Waals surface area contributed by atoms with Crippen LogP contribution in [0.25, 0.3) is 6.08 Å². The second-order valence-electron chi connectivity index (χ2n) is 10.4. The van der Waals surface area contributed by atoms with Gasteiger partial charge < -0.3 is 18.8 Å². The molecule has 4 aromatic rings. The first kappa shape index (κ1) is 33.0. The molecule has 0 atom stereocenters. The van der Waals surface area contributed by atoms with Crippen LogP contribution in [0.2, 0.25) is 10.0 Å². The van der Waals surface area contributed by atoms with Crippen LogP contribution in [0, 0.1) is 0 Å². The maximum atomic E-state index is 13.7. The van der Waals surface area contributed by atoms with E-state index in [9.17, 15) is 18.0 Å². The zero-order valence-corrected chi connectivity index (χ0v) is 27.5. The lowest BCUT2D eigenvalue weighted by molar-refractivity contribution is -0.136. The van der Waals surface area contributed by atoms with Crippen molar-refractivity contribution in [3.8, 4) is 5.75 Å². The molecule has 0 unspecified atom stereocenters. The molecule has 0 bridgehead atoms. The average Bonchev–Trinajstić information content (AvgIpc) is 3.59. The van der Waals surface area contributed by atoms with E-state index in [0.29, 0.717) is 32.8 Å². The quantitative estimate of drug-likeness (QED) is 0.126. The number of esters is 1. The summed E-state index contributed by atoms with van der Waals surface area (Å²) in [6.07, 6.45) is 1.47. The van der Waals surface area contributed by atoms with Gasteiger partial charge in [0.2, 0.25) is 10.0 Å². The second kappa shape index (κ2) is 14.0. The van der Waals surface area contributed by atoms with E-state index in [1.807, 2.05) is 12.1 Å². The smallest absolute Gasteiger partial charge is 0.340 e. The number of halogens is 2. The first-order valence-corrected chi connectivity index (χ1v) is 16.2. The van der Waals surface area contributed by atoms with Gasteiger partial charge in [0, 0.05) is 22.3 Å². The largest absolute Gasteiger partial charge is 0.497 e. The van der Waals surface area contributed by atoms with E-state index in [2.05, 4.69) is 0 Å². The normalized spacial score (nSPS) is 14.4. The number of methoxy groups -OCH3 is 2. The summed E-state index contributed by atoms with van der Waals surface area (Å²) in [5.41, 5.74) is 2.21. The summed E-state index contributed by atoms with van der Waals surface area (Å²) in [4.78, 5) is 28.0. The van der Waals surface area contributed by atoms with Gasteiger partial charge in [-0.2, -0.15) is 4.31 Å². The summed E-state index contributed by atoms with van der Waals surface area (Å²) < 4.78 is 45.0. The molecular formula is C34H30Cl2N2O7S. The van der Waals surface area contributed by atoms with Crippen LogP contribution in [0.5, 0.6) is 5.75 Å². The van der Waals surface area contributed by atoms with E-state index in [0.717, 1.165) is 5.56 Å². The fourth-order valence-corrected chi connectivity index (χ4v) is 6.63. The number of hydrogen-bond acceptors (Lipinski definition) is 7. The first-order chi connectivity index (χ1) is 22.0. The lowest BCUT2D eigenvalue weighted by Gasteiger charge is -2.21. The van der Waals surface area contributed by atoms with Crippen molar-refractivity contribution in [1.29, 1.82) is 0 Å². The number of furan rings is 1. The molecule has 2 heterocycles. The van der Waals surface area contributed by atoms with Gasteiger partial charge in [-0.05, 0) is 84.8 Å². The molecule has 1 aromatic heterocycles. The van der Waals surface area contributed by atoms with Gasteiger partial charge in [0.05, 0.1) is 43.4 Å². The first-order valence-electron chi connectivity index (χ1n) is 14.0.